The number of H-pyrrole nitrogens is 1. The first kappa shape index (κ1) is 25.3. The number of amides is 1. The van der Waals surface area contributed by atoms with Gasteiger partial charge in [0.1, 0.15) is 5.69 Å². The van der Waals surface area contributed by atoms with Crippen LogP contribution in [0.1, 0.15) is 106 Å². The van der Waals surface area contributed by atoms with Gasteiger partial charge < -0.3 is 15.2 Å². The molecule has 0 unspecified atom stereocenters. The molecular formula is C30H40N4O. The van der Waals surface area contributed by atoms with Gasteiger partial charge in [-0.3, -0.25) is 4.79 Å². The number of aromatic nitrogens is 2. The number of anilines is 1. The lowest BCUT2D eigenvalue weighted by atomic mass is 9.76. The predicted molar refractivity (Wildman–Crippen MR) is 144 cm³/mol. The van der Waals surface area contributed by atoms with E-state index in [2.05, 4.69) is 78.1 Å². The number of terminal acetylenes is 1. The van der Waals surface area contributed by atoms with E-state index in [0.29, 0.717) is 23.1 Å². The third-order valence-electron chi connectivity index (χ3n) is 8.05. The summed E-state index contributed by atoms with van der Waals surface area (Å²) in [6.07, 6.45) is 17.6. The Bertz CT molecular complexity index is 1110. The molecule has 0 atom stereocenters. The van der Waals surface area contributed by atoms with Crippen molar-refractivity contribution in [1.29, 1.82) is 0 Å². The van der Waals surface area contributed by atoms with Crippen LogP contribution in [0, 0.1) is 17.8 Å². The van der Waals surface area contributed by atoms with E-state index >= 15 is 0 Å². The number of nitrogens with zero attached hydrogens (tertiary/aromatic N) is 2. The van der Waals surface area contributed by atoms with Crippen LogP contribution in [0.4, 0.5) is 5.69 Å². The van der Waals surface area contributed by atoms with Crippen molar-refractivity contribution in [3.05, 3.63) is 53.1 Å². The number of hydrogen-bond donors (Lipinski definition) is 2. The molecule has 1 saturated carbocycles. The highest BCUT2D eigenvalue weighted by Gasteiger charge is 2.27. The Morgan fingerprint density at radius 1 is 1.23 bits per heavy atom. The molecule has 0 saturated heterocycles. The largest absolute Gasteiger partial charge is 0.339 e. The first-order valence-electron chi connectivity index (χ1n) is 13.2. The fraction of sp³-hybridized carbons (Fsp3) is 0.533. The molecule has 35 heavy (non-hydrogen) atoms. The minimum absolute atomic E-state index is 0.237. The molecule has 186 valence electrons. The summed E-state index contributed by atoms with van der Waals surface area (Å²) < 4.78 is 0. The topological polar surface area (TPSA) is 61.0 Å². The van der Waals surface area contributed by atoms with Crippen molar-refractivity contribution in [2.24, 2.45) is 5.41 Å². The van der Waals surface area contributed by atoms with Crippen LogP contribution in [0.25, 0.3) is 5.57 Å². The van der Waals surface area contributed by atoms with Crippen molar-refractivity contribution >= 4 is 17.2 Å². The number of carbonyl (C=O) groups excluding carboxylic acids is 1. The molecule has 2 N–H and O–H groups in total. The van der Waals surface area contributed by atoms with Crippen molar-refractivity contribution in [2.75, 3.05) is 18.4 Å². The van der Waals surface area contributed by atoms with E-state index in [1.807, 2.05) is 0 Å². The molecule has 1 amide bonds. The zero-order valence-corrected chi connectivity index (χ0v) is 21.8. The van der Waals surface area contributed by atoms with E-state index in [4.69, 9.17) is 6.42 Å². The van der Waals surface area contributed by atoms with Crippen LogP contribution in [0.5, 0.6) is 0 Å². The second kappa shape index (κ2) is 10.8. The number of aromatic amines is 1. The second-order valence-electron chi connectivity index (χ2n) is 10.9. The van der Waals surface area contributed by atoms with Gasteiger partial charge in [0.2, 0.25) is 0 Å². The van der Waals surface area contributed by atoms with E-state index in [1.165, 1.54) is 36.8 Å². The molecule has 1 fully saturated rings. The third-order valence-corrected chi connectivity index (χ3v) is 8.05. The maximum Gasteiger partial charge on any atom is 0.291 e. The molecule has 1 aromatic carbocycles. The number of benzene rings is 1. The minimum atomic E-state index is -0.267. The Morgan fingerprint density at radius 2 is 1.97 bits per heavy atom. The first-order valence-corrected chi connectivity index (χ1v) is 13.2. The fourth-order valence-corrected chi connectivity index (χ4v) is 5.72. The summed E-state index contributed by atoms with van der Waals surface area (Å²) in [5, 5.41) is 3.10. The van der Waals surface area contributed by atoms with Gasteiger partial charge in [-0.2, -0.15) is 0 Å². The van der Waals surface area contributed by atoms with Crippen molar-refractivity contribution in [3.63, 3.8) is 0 Å². The minimum Gasteiger partial charge on any atom is -0.339 e. The van der Waals surface area contributed by atoms with Gasteiger partial charge in [-0.15, -0.1) is 6.42 Å². The SMILES string of the molecule is C#Cc1c[nH]c(C(=O)Nc2ccc(C3CCC(N(CC)CC)CC3)cc2C2=CCC(C)(C)CC2)n1. The predicted octanol–water partition coefficient (Wildman–Crippen LogP) is 6.60. The van der Waals surface area contributed by atoms with Crippen LogP contribution in [-0.2, 0) is 0 Å². The molecule has 1 aromatic heterocycles. The first-order chi connectivity index (χ1) is 16.8. The summed E-state index contributed by atoms with van der Waals surface area (Å²) in [5.74, 6) is 3.01. The van der Waals surface area contributed by atoms with Crippen molar-refractivity contribution in [1.82, 2.24) is 14.9 Å². The Balaban J connectivity index is 1.58. The number of carbonyl (C=O) groups is 1. The molecule has 2 aliphatic rings. The number of rotatable bonds is 7. The molecule has 5 nitrogen and oxygen atoms in total. The molecule has 5 heteroatoms. The zero-order chi connectivity index (χ0) is 25.0. The summed E-state index contributed by atoms with van der Waals surface area (Å²) in [6.45, 7) is 11.5. The van der Waals surface area contributed by atoms with Gasteiger partial charge in [-0.1, -0.05) is 39.8 Å². The molecule has 0 bridgehead atoms. The lowest BCUT2D eigenvalue weighted by Crippen LogP contribution is -2.37. The zero-order valence-electron chi connectivity index (χ0n) is 21.8. The third kappa shape index (κ3) is 5.87. The van der Waals surface area contributed by atoms with E-state index in [-0.39, 0.29) is 11.7 Å². The van der Waals surface area contributed by atoms with Crippen LogP contribution in [0.2, 0.25) is 0 Å². The van der Waals surface area contributed by atoms with Crippen LogP contribution in [0.3, 0.4) is 0 Å². The van der Waals surface area contributed by atoms with E-state index in [1.54, 1.807) is 6.20 Å². The lowest BCUT2D eigenvalue weighted by Gasteiger charge is -2.36. The quantitative estimate of drug-likeness (QED) is 0.446. The maximum atomic E-state index is 12.9. The Kier molecular flexibility index (Phi) is 7.82. The highest BCUT2D eigenvalue weighted by Crippen LogP contribution is 2.42. The summed E-state index contributed by atoms with van der Waals surface area (Å²) >= 11 is 0. The van der Waals surface area contributed by atoms with Crippen LogP contribution >= 0.6 is 0 Å². The van der Waals surface area contributed by atoms with Crippen molar-refractivity contribution in [2.45, 2.75) is 84.6 Å². The normalized spacial score (nSPS) is 21.9. The monoisotopic (exact) mass is 472 g/mol. The summed E-state index contributed by atoms with van der Waals surface area (Å²) in [7, 11) is 0. The molecule has 0 radical (unpaired) electrons. The molecule has 2 aliphatic carbocycles. The molecule has 1 heterocycles. The van der Waals surface area contributed by atoms with Gasteiger partial charge in [-0.05, 0) is 98.6 Å². The average Bonchev–Trinajstić information content (AvgIpc) is 3.35. The van der Waals surface area contributed by atoms with Crippen LogP contribution in [-0.4, -0.2) is 39.9 Å². The molecule has 4 rings (SSSR count). The second-order valence-corrected chi connectivity index (χ2v) is 10.9. The highest BCUT2D eigenvalue weighted by atomic mass is 16.2. The molecular weight excluding hydrogens is 432 g/mol. The number of nitrogens with one attached hydrogen (secondary N) is 2. The van der Waals surface area contributed by atoms with E-state index in [9.17, 15) is 4.79 Å². The van der Waals surface area contributed by atoms with Gasteiger partial charge in [-0.25, -0.2) is 4.98 Å². The van der Waals surface area contributed by atoms with Crippen molar-refractivity contribution in [3.8, 4) is 12.3 Å². The summed E-state index contributed by atoms with van der Waals surface area (Å²) in [6, 6.07) is 7.36. The van der Waals surface area contributed by atoms with Crippen LogP contribution < -0.4 is 5.32 Å². The van der Waals surface area contributed by atoms with Gasteiger partial charge >= 0.3 is 0 Å². The maximum absolute atomic E-state index is 12.9. The van der Waals surface area contributed by atoms with Crippen molar-refractivity contribution < 1.29 is 4.79 Å². The molecule has 0 aliphatic heterocycles. The van der Waals surface area contributed by atoms with Gasteiger partial charge in [0, 0.05) is 23.5 Å². The number of allylic oxidation sites excluding steroid dienone is 2. The van der Waals surface area contributed by atoms with E-state index in [0.717, 1.165) is 43.6 Å². The molecule has 2 aromatic rings. The highest BCUT2D eigenvalue weighted by molar-refractivity contribution is 6.03. The number of imidazole rings is 1. The lowest BCUT2D eigenvalue weighted by molar-refractivity contribution is 0.101. The Hall–Kier alpha value is -2.84. The van der Waals surface area contributed by atoms with Crippen LogP contribution in [0.15, 0.2) is 30.5 Å². The summed E-state index contributed by atoms with van der Waals surface area (Å²) in [5.41, 5.74) is 5.49. The Morgan fingerprint density at radius 3 is 2.57 bits per heavy atom. The standard InChI is InChI=1S/C30H40N4O/c1-6-24-20-31-28(32-24)29(35)33-27-14-11-23(19-26(27)22-15-17-30(4,5)18-16-22)21-9-12-25(13-10-21)34(7-2)8-3/h1,11,14-15,19-21,25H,7-10,12-13,16-18H2,2-5H3,(H,31,32)(H,33,35). The summed E-state index contributed by atoms with van der Waals surface area (Å²) in [4.78, 5) is 22.6. The average molecular weight is 473 g/mol. The Labute approximate surface area is 210 Å². The fourth-order valence-electron chi connectivity index (χ4n) is 5.72. The van der Waals surface area contributed by atoms with E-state index < -0.39 is 0 Å². The van der Waals surface area contributed by atoms with Gasteiger partial charge in [0.05, 0.1) is 0 Å². The number of hydrogen-bond acceptors (Lipinski definition) is 3. The van der Waals surface area contributed by atoms with Gasteiger partial charge in [0.15, 0.2) is 5.82 Å². The smallest absolute Gasteiger partial charge is 0.291 e. The van der Waals surface area contributed by atoms with Gasteiger partial charge in [0.25, 0.3) is 5.91 Å². The molecule has 0 spiro atoms.